The van der Waals surface area contributed by atoms with Crippen molar-refractivity contribution in [1.82, 2.24) is 0 Å². The quantitative estimate of drug-likeness (QED) is 0.779. The lowest BCUT2D eigenvalue weighted by Crippen LogP contribution is -2.45. The zero-order valence-corrected chi connectivity index (χ0v) is 12.1. The molecule has 20 heavy (non-hydrogen) atoms. The van der Waals surface area contributed by atoms with Crippen molar-refractivity contribution < 1.29 is 19.4 Å². The fourth-order valence-corrected chi connectivity index (χ4v) is 1.54. The first kappa shape index (κ1) is 16.0. The molecule has 1 aromatic carbocycles. The second kappa shape index (κ2) is 5.92. The monoisotopic (exact) mass is 280 g/mol. The Morgan fingerprint density at radius 2 is 1.95 bits per heavy atom. The van der Waals surface area contributed by atoms with Crippen molar-refractivity contribution in [2.24, 2.45) is 11.1 Å². The van der Waals surface area contributed by atoms with Gasteiger partial charge >= 0.3 is 5.97 Å². The number of amides is 1. The third-order valence-corrected chi connectivity index (χ3v) is 2.92. The number of aromatic carboxylic acids is 1. The Bertz CT molecular complexity index is 520. The summed E-state index contributed by atoms with van der Waals surface area (Å²) in [6, 6.07) is 3.51. The largest absolute Gasteiger partial charge is 0.495 e. The number of benzene rings is 1. The molecule has 1 aromatic rings. The number of hydrogen-bond acceptors (Lipinski definition) is 4. The smallest absolute Gasteiger partial charge is 0.335 e. The molecule has 0 radical (unpaired) electrons. The first-order valence-electron chi connectivity index (χ1n) is 6.14. The van der Waals surface area contributed by atoms with Crippen LogP contribution in [-0.2, 0) is 4.79 Å². The molecule has 0 aromatic heterocycles. The van der Waals surface area contributed by atoms with E-state index < -0.39 is 23.3 Å². The highest BCUT2D eigenvalue weighted by Gasteiger charge is 2.28. The summed E-state index contributed by atoms with van der Waals surface area (Å²) in [5, 5.41) is 11.6. The first-order chi connectivity index (χ1) is 9.16. The summed E-state index contributed by atoms with van der Waals surface area (Å²) < 4.78 is 5.10. The molecule has 0 bridgehead atoms. The van der Waals surface area contributed by atoms with Crippen molar-refractivity contribution >= 4 is 17.6 Å². The lowest BCUT2D eigenvalue weighted by molar-refractivity contribution is -0.119. The molecule has 0 heterocycles. The fraction of sp³-hybridized carbons (Fsp3) is 0.429. The van der Waals surface area contributed by atoms with Gasteiger partial charge in [-0.3, -0.25) is 4.79 Å². The number of carbonyl (C=O) groups is 2. The van der Waals surface area contributed by atoms with Crippen LogP contribution in [0, 0.1) is 5.41 Å². The van der Waals surface area contributed by atoms with E-state index in [1.54, 1.807) is 0 Å². The third-order valence-electron chi connectivity index (χ3n) is 2.92. The summed E-state index contributed by atoms with van der Waals surface area (Å²) in [7, 11) is 1.44. The highest BCUT2D eigenvalue weighted by atomic mass is 16.5. The summed E-state index contributed by atoms with van der Waals surface area (Å²) in [5.74, 6) is -1.09. The van der Waals surface area contributed by atoms with Gasteiger partial charge in [-0.25, -0.2) is 4.79 Å². The van der Waals surface area contributed by atoms with Crippen LogP contribution in [0.1, 0.15) is 31.1 Å². The zero-order chi connectivity index (χ0) is 15.5. The molecule has 110 valence electrons. The van der Waals surface area contributed by atoms with E-state index in [2.05, 4.69) is 5.32 Å². The van der Waals surface area contributed by atoms with E-state index in [4.69, 9.17) is 15.6 Å². The standard InChI is InChI=1S/C14H20N2O4/c1-14(2,3)11(15)12(17)16-9-7-8(13(18)19)5-6-10(9)20-4/h5-7,11H,15H2,1-4H3,(H,16,17)(H,18,19)/t11-/m1/s1. The van der Waals surface area contributed by atoms with Crippen molar-refractivity contribution in [3.8, 4) is 5.75 Å². The molecule has 0 saturated carbocycles. The van der Waals surface area contributed by atoms with E-state index in [1.165, 1.54) is 25.3 Å². The zero-order valence-electron chi connectivity index (χ0n) is 12.1. The molecular weight excluding hydrogens is 260 g/mol. The molecule has 6 heteroatoms. The Morgan fingerprint density at radius 1 is 1.35 bits per heavy atom. The average molecular weight is 280 g/mol. The van der Waals surface area contributed by atoms with Crippen LogP contribution in [0.3, 0.4) is 0 Å². The van der Waals surface area contributed by atoms with E-state index in [9.17, 15) is 9.59 Å². The van der Waals surface area contributed by atoms with Gasteiger partial charge in [-0.05, 0) is 23.6 Å². The number of nitrogens with two attached hydrogens (primary N) is 1. The number of carboxylic acids is 1. The Morgan fingerprint density at radius 3 is 2.40 bits per heavy atom. The van der Waals surface area contributed by atoms with Gasteiger partial charge in [0.1, 0.15) is 5.75 Å². The molecular formula is C14H20N2O4. The van der Waals surface area contributed by atoms with Gasteiger partial charge in [0.2, 0.25) is 5.91 Å². The normalized spacial score (nSPS) is 12.7. The predicted molar refractivity (Wildman–Crippen MR) is 76.0 cm³/mol. The van der Waals surface area contributed by atoms with E-state index in [1.807, 2.05) is 20.8 Å². The molecule has 0 aliphatic heterocycles. The SMILES string of the molecule is COc1ccc(C(=O)O)cc1NC(=O)[C@@H](N)C(C)(C)C. The summed E-state index contributed by atoms with van der Waals surface area (Å²) in [6.07, 6.45) is 0. The summed E-state index contributed by atoms with van der Waals surface area (Å²) in [4.78, 5) is 23.0. The molecule has 0 unspecified atom stereocenters. The molecule has 1 atom stereocenters. The average Bonchev–Trinajstić information content (AvgIpc) is 2.36. The summed E-state index contributed by atoms with van der Waals surface area (Å²) in [5.41, 5.74) is 5.81. The van der Waals surface area contributed by atoms with Gasteiger partial charge in [0.15, 0.2) is 0 Å². The lowest BCUT2D eigenvalue weighted by Gasteiger charge is -2.26. The van der Waals surface area contributed by atoms with Gasteiger partial charge in [-0.1, -0.05) is 20.8 Å². The van der Waals surface area contributed by atoms with E-state index in [0.717, 1.165) is 0 Å². The number of ether oxygens (including phenoxy) is 1. The second-order valence-electron chi connectivity index (χ2n) is 5.55. The highest BCUT2D eigenvalue weighted by molar-refractivity contribution is 5.98. The van der Waals surface area contributed by atoms with Crippen LogP contribution >= 0.6 is 0 Å². The number of nitrogens with one attached hydrogen (secondary N) is 1. The number of carboxylic acid groups (broad SMARTS) is 1. The maximum absolute atomic E-state index is 12.1. The van der Waals surface area contributed by atoms with Gasteiger partial charge in [-0.2, -0.15) is 0 Å². The maximum atomic E-state index is 12.1. The third kappa shape index (κ3) is 3.71. The molecule has 0 aliphatic rings. The van der Waals surface area contributed by atoms with E-state index >= 15 is 0 Å². The van der Waals surface area contributed by atoms with Crippen LogP contribution in [-0.4, -0.2) is 30.1 Å². The van der Waals surface area contributed by atoms with Gasteiger partial charge < -0.3 is 20.9 Å². The van der Waals surface area contributed by atoms with E-state index in [0.29, 0.717) is 5.75 Å². The topological polar surface area (TPSA) is 102 Å². The second-order valence-corrected chi connectivity index (χ2v) is 5.55. The van der Waals surface area contributed by atoms with Crippen LogP contribution in [0.5, 0.6) is 5.75 Å². The van der Waals surface area contributed by atoms with Crippen LogP contribution < -0.4 is 15.8 Å². The number of carbonyl (C=O) groups excluding carboxylic acids is 1. The van der Waals surface area contributed by atoms with Crippen LogP contribution in [0.2, 0.25) is 0 Å². The van der Waals surface area contributed by atoms with Crippen LogP contribution in [0.15, 0.2) is 18.2 Å². The maximum Gasteiger partial charge on any atom is 0.335 e. The molecule has 6 nitrogen and oxygen atoms in total. The van der Waals surface area contributed by atoms with Crippen molar-refractivity contribution in [2.45, 2.75) is 26.8 Å². The van der Waals surface area contributed by atoms with E-state index in [-0.39, 0.29) is 11.3 Å². The number of hydrogen-bond donors (Lipinski definition) is 3. The number of rotatable bonds is 4. The molecule has 0 aliphatic carbocycles. The molecule has 0 fully saturated rings. The number of anilines is 1. The minimum Gasteiger partial charge on any atom is -0.495 e. The van der Waals surface area contributed by atoms with Crippen molar-refractivity contribution in [2.75, 3.05) is 12.4 Å². The Hall–Kier alpha value is -2.08. The Balaban J connectivity index is 3.04. The molecule has 4 N–H and O–H groups in total. The predicted octanol–water partition coefficient (Wildman–Crippen LogP) is 1.71. The minimum absolute atomic E-state index is 0.0606. The Labute approximate surface area is 117 Å². The van der Waals surface area contributed by atoms with Gasteiger partial charge in [0.25, 0.3) is 0 Å². The van der Waals surface area contributed by atoms with Crippen LogP contribution in [0.25, 0.3) is 0 Å². The first-order valence-corrected chi connectivity index (χ1v) is 6.14. The summed E-state index contributed by atoms with van der Waals surface area (Å²) >= 11 is 0. The van der Waals surface area contributed by atoms with Crippen molar-refractivity contribution in [3.63, 3.8) is 0 Å². The molecule has 1 amide bonds. The lowest BCUT2D eigenvalue weighted by atomic mass is 9.87. The van der Waals surface area contributed by atoms with Gasteiger partial charge in [-0.15, -0.1) is 0 Å². The van der Waals surface area contributed by atoms with Gasteiger partial charge in [0, 0.05) is 0 Å². The van der Waals surface area contributed by atoms with Crippen molar-refractivity contribution in [1.29, 1.82) is 0 Å². The highest BCUT2D eigenvalue weighted by Crippen LogP contribution is 2.27. The Kier molecular flexibility index (Phi) is 4.73. The molecule has 0 spiro atoms. The number of methoxy groups -OCH3 is 1. The van der Waals surface area contributed by atoms with Crippen LogP contribution in [0.4, 0.5) is 5.69 Å². The summed E-state index contributed by atoms with van der Waals surface area (Å²) in [6.45, 7) is 5.55. The van der Waals surface area contributed by atoms with Crippen molar-refractivity contribution in [3.05, 3.63) is 23.8 Å². The molecule has 1 rings (SSSR count). The molecule has 0 saturated heterocycles. The fourth-order valence-electron chi connectivity index (χ4n) is 1.54. The van der Waals surface area contributed by atoms with Gasteiger partial charge in [0.05, 0.1) is 24.4 Å². The minimum atomic E-state index is -1.08.